The number of hydrogen-bond donors (Lipinski definition) is 0. The summed E-state index contributed by atoms with van der Waals surface area (Å²) in [5.74, 6) is 2.70. The van der Waals surface area contributed by atoms with E-state index in [-0.39, 0.29) is 12.7 Å². The summed E-state index contributed by atoms with van der Waals surface area (Å²) >= 11 is 0. The molecule has 7 heteroatoms. The van der Waals surface area contributed by atoms with E-state index in [0.29, 0.717) is 36.5 Å². The Morgan fingerprint density at radius 1 is 0.941 bits per heavy atom. The molecule has 0 spiro atoms. The quantitative estimate of drug-likeness (QED) is 0.372. The van der Waals surface area contributed by atoms with Gasteiger partial charge in [-0.05, 0) is 60.7 Å². The van der Waals surface area contributed by atoms with Gasteiger partial charge >= 0.3 is 6.09 Å². The van der Waals surface area contributed by atoms with Gasteiger partial charge in [0.05, 0.1) is 0 Å². The smallest absolute Gasteiger partial charge is 0.415 e. The van der Waals surface area contributed by atoms with Crippen molar-refractivity contribution in [1.82, 2.24) is 15.0 Å². The van der Waals surface area contributed by atoms with Crippen LogP contribution in [-0.4, -0.2) is 34.2 Å². The van der Waals surface area contributed by atoms with E-state index in [1.807, 2.05) is 60.7 Å². The third-order valence-electron chi connectivity index (χ3n) is 5.80. The van der Waals surface area contributed by atoms with E-state index < -0.39 is 0 Å². The van der Waals surface area contributed by atoms with Crippen LogP contribution < -0.4 is 9.47 Å². The molecule has 1 aliphatic rings. The van der Waals surface area contributed by atoms with E-state index in [4.69, 9.17) is 14.0 Å². The predicted octanol–water partition coefficient (Wildman–Crippen LogP) is 5.38. The number of rotatable bonds is 7. The number of likely N-dealkylation sites (tertiary alicyclic amines) is 1. The first-order valence-electron chi connectivity index (χ1n) is 11.3. The van der Waals surface area contributed by atoms with Crippen molar-refractivity contribution in [2.45, 2.75) is 19.4 Å². The van der Waals surface area contributed by atoms with E-state index in [9.17, 15) is 4.79 Å². The lowest BCUT2D eigenvalue weighted by atomic mass is 9.99. The van der Waals surface area contributed by atoms with Crippen molar-refractivity contribution in [2.75, 3.05) is 13.1 Å². The fourth-order valence-corrected chi connectivity index (χ4v) is 4.03. The molecule has 0 unspecified atom stereocenters. The zero-order valence-electron chi connectivity index (χ0n) is 18.7. The molecule has 1 amide bonds. The topological polar surface area (TPSA) is 77.7 Å². The highest BCUT2D eigenvalue weighted by molar-refractivity contribution is 5.71. The van der Waals surface area contributed by atoms with Gasteiger partial charge < -0.3 is 18.9 Å². The predicted molar refractivity (Wildman–Crippen MR) is 126 cm³/mol. The van der Waals surface area contributed by atoms with Gasteiger partial charge in [-0.15, -0.1) is 0 Å². The fraction of sp³-hybridized carbons (Fsp3) is 0.222. The Bertz CT molecular complexity index is 1210. The second-order valence-corrected chi connectivity index (χ2v) is 8.30. The van der Waals surface area contributed by atoms with Crippen LogP contribution in [0.2, 0.25) is 0 Å². The van der Waals surface area contributed by atoms with Gasteiger partial charge in [-0.3, -0.25) is 0 Å². The van der Waals surface area contributed by atoms with Crippen LogP contribution in [0.5, 0.6) is 11.5 Å². The van der Waals surface area contributed by atoms with Crippen LogP contribution in [0.25, 0.3) is 11.5 Å². The average molecular weight is 456 g/mol. The number of hydrogen-bond acceptors (Lipinski definition) is 6. The third kappa shape index (κ3) is 5.43. The Labute approximate surface area is 197 Å². The number of nitrogens with zero attached hydrogens (tertiary/aromatic N) is 3. The minimum Gasteiger partial charge on any atom is -0.485 e. The van der Waals surface area contributed by atoms with Crippen molar-refractivity contribution >= 4 is 6.09 Å². The Balaban J connectivity index is 1.09. The maximum Gasteiger partial charge on any atom is 0.415 e. The van der Waals surface area contributed by atoms with Gasteiger partial charge in [0.25, 0.3) is 5.89 Å². The van der Waals surface area contributed by atoms with Crippen molar-refractivity contribution < 1.29 is 18.8 Å². The maximum absolute atomic E-state index is 12.4. The summed E-state index contributed by atoms with van der Waals surface area (Å²) in [6, 6.07) is 26.8. The lowest BCUT2D eigenvalue weighted by molar-refractivity contribution is 0.161. The molecule has 0 N–H and O–H groups in total. The molecule has 5 rings (SSSR count). The van der Waals surface area contributed by atoms with Crippen molar-refractivity contribution in [2.24, 2.45) is 5.92 Å². The number of para-hydroxylation sites is 1. The summed E-state index contributed by atoms with van der Waals surface area (Å²) in [7, 11) is 0. The van der Waals surface area contributed by atoms with Crippen molar-refractivity contribution in [3.05, 3.63) is 96.3 Å². The van der Waals surface area contributed by atoms with Crippen molar-refractivity contribution in [3.8, 4) is 23.0 Å². The standard InChI is InChI=1S/C27H25N3O4/c31-27(33-24-9-5-2-6-10-24)30-16-15-21(18-30)17-20-11-13-23(14-12-20)32-19-25-28-26(34-29-25)22-7-3-1-4-8-22/h1-14,21H,15-19H2/t21-/m1/s1. The first-order chi connectivity index (χ1) is 16.7. The second kappa shape index (κ2) is 10.2. The largest absolute Gasteiger partial charge is 0.485 e. The lowest BCUT2D eigenvalue weighted by Gasteiger charge is -2.16. The van der Waals surface area contributed by atoms with Crippen LogP contribution in [0, 0.1) is 5.92 Å². The third-order valence-corrected chi connectivity index (χ3v) is 5.80. The SMILES string of the molecule is O=C(Oc1ccccc1)N1CC[C@H](Cc2ccc(OCc3noc(-c4ccccc4)n3)cc2)C1. The lowest BCUT2D eigenvalue weighted by Crippen LogP contribution is -2.31. The number of carbonyl (C=O) groups excluding carboxylic acids is 1. The van der Waals surface area contributed by atoms with Crippen LogP contribution in [0.1, 0.15) is 17.8 Å². The molecule has 7 nitrogen and oxygen atoms in total. The van der Waals surface area contributed by atoms with E-state index in [1.165, 1.54) is 5.56 Å². The summed E-state index contributed by atoms with van der Waals surface area (Å²) in [4.78, 5) is 18.6. The van der Waals surface area contributed by atoms with Crippen LogP contribution >= 0.6 is 0 Å². The van der Waals surface area contributed by atoms with E-state index in [2.05, 4.69) is 22.3 Å². The summed E-state index contributed by atoms with van der Waals surface area (Å²) in [6.45, 7) is 1.65. The van der Waals surface area contributed by atoms with E-state index in [1.54, 1.807) is 17.0 Å². The first kappa shape index (κ1) is 21.7. The summed E-state index contributed by atoms with van der Waals surface area (Å²) < 4.78 is 16.6. The molecule has 4 aromatic rings. The molecule has 172 valence electrons. The molecule has 0 radical (unpaired) electrons. The van der Waals surface area contributed by atoms with E-state index >= 15 is 0 Å². The fourth-order valence-electron chi connectivity index (χ4n) is 4.03. The van der Waals surface area contributed by atoms with Gasteiger partial charge in [0, 0.05) is 18.7 Å². The molecule has 34 heavy (non-hydrogen) atoms. The molecular weight excluding hydrogens is 430 g/mol. The first-order valence-corrected chi connectivity index (χ1v) is 11.3. The molecule has 1 saturated heterocycles. The highest BCUT2D eigenvalue weighted by Crippen LogP contribution is 2.24. The molecule has 1 fully saturated rings. The van der Waals surface area contributed by atoms with Gasteiger partial charge in [0.2, 0.25) is 5.82 Å². The van der Waals surface area contributed by atoms with Gasteiger partial charge in [-0.1, -0.05) is 53.7 Å². The zero-order valence-corrected chi connectivity index (χ0v) is 18.7. The molecule has 1 aromatic heterocycles. The number of amides is 1. The minimum atomic E-state index is -0.283. The number of benzene rings is 3. The Kier molecular flexibility index (Phi) is 6.52. The Morgan fingerprint density at radius 2 is 1.68 bits per heavy atom. The molecule has 0 bridgehead atoms. The van der Waals surface area contributed by atoms with E-state index in [0.717, 1.165) is 24.2 Å². The van der Waals surface area contributed by atoms with Crippen LogP contribution in [0.4, 0.5) is 4.79 Å². The number of aromatic nitrogens is 2. The average Bonchev–Trinajstić information content (AvgIpc) is 3.55. The Hall–Kier alpha value is -4.13. The monoisotopic (exact) mass is 455 g/mol. The summed E-state index contributed by atoms with van der Waals surface area (Å²) in [6.07, 6.45) is 1.58. The summed E-state index contributed by atoms with van der Waals surface area (Å²) in [5.41, 5.74) is 2.09. The molecule has 3 aromatic carbocycles. The molecular formula is C27H25N3O4. The molecule has 0 aliphatic carbocycles. The van der Waals surface area contributed by atoms with Gasteiger partial charge in [-0.25, -0.2) is 4.79 Å². The van der Waals surface area contributed by atoms with Crippen LogP contribution in [-0.2, 0) is 13.0 Å². The molecule has 1 aliphatic heterocycles. The van der Waals surface area contributed by atoms with Gasteiger partial charge in [0.15, 0.2) is 6.61 Å². The highest BCUT2D eigenvalue weighted by atomic mass is 16.6. The molecule has 1 atom stereocenters. The number of carbonyl (C=O) groups is 1. The zero-order chi connectivity index (χ0) is 23.2. The van der Waals surface area contributed by atoms with Crippen molar-refractivity contribution in [1.29, 1.82) is 0 Å². The summed E-state index contributed by atoms with van der Waals surface area (Å²) in [5, 5.41) is 3.99. The van der Waals surface area contributed by atoms with Crippen molar-refractivity contribution in [3.63, 3.8) is 0 Å². The van der Waals surface area contributed by atoms with Gasteiger partial charge in [0.1, 0.15) is 11.5 Å². The highest BCUT2D eigenvalue weighted by Gasteiger charge is 2.27. The van der Waals surface area contributed by atoms with Crippen LogP contribution in [0.3, 0.4) is 0 Å². The Morgan fingerprint density at radius 3 is 2.44 bits per heavy atom. The molecule has 2 heterocycles. The number of ether oxygens (including phenoxy) is 2. The maximum atomic E-state index is 12.4. The normalized spacial score (nSPS) is 15.3. The second-order valence-electron chi connectivity index (χ2n) is 8.30. The molecule has 0 saturated carbocycles. The minimum absolute atomic E-state index is 0.233. The van der Waals surface area contributed by atoms with Gasteiger partial charge in [-0.2, -0.15) is 4.98 Å². The van der Waals surface area contributed by atoms with Crippen LogP contribution in [0.15, 0.2) is 89.5 Å².